The van der Waals surface area contributed by atoms with E-state index in [-0.39, 0.29) is 39.8 Å². The van der Waals surface area contributed by atoms with E-state index in [9.17, 15) is 18.0 Å². The van der Waals surface area contributed by atoms with Crippen molar-refractivity contribution in [3.8, 4) is 0 Å². The molecule has 184 valence electrons. The van der Waals surface area contributed by atoms with Crippen molar-refractivity contribution in [1.82, 2.24) is 0 Å². The molecular weight excluding hydrogens is 448 g/mol. The fourth-order valence-corrected chi connectivity index (χ4v) is 8.97. The zero-order valence-corrected chi connectivity index (χ0v) is 21.3. The number of rotatable bonds is 5. The lowest BCUT2D eigenvalue weighted by atomic mass is 9.46. The van der Waals surface area contributed by atoms with Gasteiger partial charge in [0.1, 0.15) is 6.61 Å². The van der Waals surface area contributed by atoms with Crippen LogP contribution in [0.4, 0.5) is 0 Å². The van der Waals surface area contributed by atoms with Gasteiger partial charge in [-0.1, -0.05) is 37.1 Å². The van der Waals surface area contributed by atoms with Crippen LogP contribution in [0.2, 0.25) is 0 Å². The van der Waals surface area contributed by atoms with Gasteiger partial charge in [0.15, 0.2) is 11.6 Å². The molecule has 3 fully saturated rings. The molecule has 0 heterocycles. The second-order valence-corrected chi connectivity index (χ2v) is 13.3. The van der Waals surface area contributed by atoms with Crippen molar-refractivity contribution < 1.29 is 22.2 Å². The number of benzene rings is 1. The molecule has 4 aliphatic rings. The molecule has 1 aromatic carbocycles. The van der Waals surface area contributed by atoms with Gasteiger partial charge < -0.3 is 0 Å². The van der Waals surface area contributed by atoms with Gasteiger partial charge in [-0.3, -0.25) is 13.8 Å². The first kappa shape index (κ1) is 23.9. The van der Waals surface area contributed by atoms with Crippen LogP contribution >= 0.6 is 0 Å². The number of ketones is 2. The Morgan fingerprint density at radius 2 is 1.74 bits per heavy atom. The van der Waals surface area contributed by atoms with Crippen molar-refractivity contribution in [3.63, 3.8) is 0 Å². The number of carbonyl (C=O) groups excluding carboxylic acids is 2. The topological polar surface area (TPSA) is 77.5 Å². The van der Waals surface area contributed by atoms with E-state index in [0.717, 1.165) is 50.5 Å². The maximum Gasteiger partial charge on any atom is 0.297 e. The lowest BCUT2D eigenvalue weighted by Gasteiger charge is -2.58. The van der Waals surface area contributed by atoms with E-state index in [1.54, 1.807) is 12.1 Å². The molecule has 3 saturated carbocycles. The monoisotopic (exact) mass is 484 g/mol. The minimum Gasteiger partial charge on any atom is -0.297 e. The number of hydrogen-bond acceptors (Lipinski definition) is 5. The molecule has 0 amide bonds. The van der Waals surface area contributed by atoms with Gasteiger partial charge in [-0.2, -0.15) is 8.42 Å². The Morgan fingerprint density at radius 1 is 1.00 bits per heavy atom. The maximum atomic E-state index is 13.3. The zero-order valence-electron chi connectivity index (χ0n) is 20.5. The molecule has 0 saturated heterocycles. The molecule has 0 aromatic heterocycles. The average molecular weight is 485 g/mol. The number of fused-ring (bicyclic) bond motifs is 5. The fraction of sp³-hybridized carbons (Fsp3) is 0.643. The molecule has 5 rings (SSSR count). The first-order valence-corrected chi connectivity index (χ1v) is 14.2. The number of aryl methyl sites for hydroxylation is 1. The Balaban J connectivity index is 1.30. The highest BCUT2D eigenvalue weighted by Crippen LogP contribution is 2.66. The molecule has 4 aliphatic carbocycles. The molecule has 1 aromatic rings. The highest BCUT2D eigenvalue weighted by molar-refractivity contribution is 7.86. The highest BCUT2D eigenvalue weighted by Gasteiger charge is 2.60. The maximum absolute atomic E-state index is 13.3. The number of Topliss-reactive ketones (excluding diaryl/α,β-unsaturated/α-hetero) is 1. The SMILES string of the molecule is Cc1ccc(S(=O)(=O)OCC(=O)[C@H]2CC[C@H]3[C@@H]4CCC5=CC(=O)CC[C@]5(C)[C@H]4CC[C@]23C)cc1. The normalized spacial score (nSPS) is 37.4. The Bertz CT molecular complexity index is 1130. The summed E-state index contributed by atoms with van der Waals surface area (Å²) >= 11 is 0. The fourth-order valence-electron chi connectivity index (χ4n) is 8.10. The summed E-state index contributed by atoms with van der Waals surface area (Å²) in [6.07, 6.45) is 9.52. The molecule has 0 spiro atoms. The summed E-state index contributed by atoms with van der Waals surface area (Å²) in [5, 5.41) is 0. The summed E-state index contributed by atoms with van der Waals surface area (Å²) in [5.41, 5.74) is 2.34. The predicted molar refractivity (Wildman–Crippen MR) is 130 cm³/mol. The van der Waals surface area contributed by atoms with Crippen molar-refractivity contribution in [1.29, 1.82) is 0 Å². The molecule has 0 bridgehead atoms. The Labute approximate surface area is 203 Å². The van der Waals surface area contributed by atoms with E-state index in [4.69, 9.17) is 4.18 Å². The largest absolute Gasteiger partial charge is 0.297 e. The second kappa shape index (κ2) is 8.41. The molecule has 6 heteroatoms. The Morgan fingerprint density at radius 3 is 2.47 bits per heavy atom. The lowest BCUT2D eigenvalue weighted by molar-refractivity contribution is -0.132. The molecule has 0 N–H and O–H groups in total. The van der Waals surface area contributed by atoms with Crippen LogP contribution in [0.3, 0.4) is 0 Å². The number of carbonyl (C=O) groups is 2. The minimum atomic E-state index is -3.95. The van der Waals surface area contributed by atoms with Crippen LogP contribution in [0.25, 0.3) is 0 Å². The minimum absolute atomic E-state index is 0.0787. The smallest absolute Gasteiger partial charge is 0.297 e. The molecule has 5 nitrogen and oxygen atoms in total. The van der Waals surface area contributed by atoms with Gasteiger partial charge >= 0.3 is 0 Å². The van der Waals surface area contributed by atoms with Crippen molar-refractivity contribution in [2.24, 2.45) is 34.5 Å². The van der Waals surface area contributed by atoms with Crippen LogP contribution in [0.5, 0.6) is 0 Å². The standard InChI is InChI=1S/C28H36O5S/c1-18-4-7-21(8-5-18)34(31,32)33-17-26(30)25-11-10-23-22-9-6-19-16-20(29)12-14-27(19,2)24(22)13-15-28(23,25)3/h4-5,7-8,16,22-25H,6,9-15,17H2,1-3H3/t22-,23-,24-,25+,27-,28-/m0/s1. The van der Waals surface area contributed by atoms with Gasteiger partial charge in [0.25, 0.3) is 10.1 Å². The molecule has 34 heavy (non-hydrogen) atoms. The van der Waals surface area contributed by atoms with E-state index in [1.807, 2.05) is 13.0 Å². The lowest BCUT2D eigenvalue weighted by Crippen LogP contribution is -2.51. The number of allylic oxidation sites excluding steroid dienone is 1. The van der Waals surface area contributed by atoms with Gasteiger partial charge in [0.05, 0.1) is 4.90 Å². The molecule has 6 atom stereocenters. The molecule has 0 unspecified atom stereocenters. The zero-order chi connectivity index (χ0) is 24.3. The van der Waals surface area contributed by atoms with Gasteiger partial charge in [-0.05, 0) is 98.7 Å². The van der Waals surface area contributed by atoms with Crippen LogP contribution in [0.1, 0.15) is 70.8 Å². The van der Waals surface area contributed by atoms with Gasteiger partial charge in [-0.25, -0.2) is 0 Å². The van der Waals surface area contributed by atoms with Gasteiger partial charge in [-0.15, -0.1) is 0 Å². The summed E-state index contributed by atoms with van der Waals surface area (Å²) in [6.45, 7) is 6.14. The highest BCUT2D eigenvalue weighted by atomic mass is 32.2. The summed E-state index contributed by atoms with van der Waals surface area (Å²) in [4.78, 5) is 25.4. The van der Waals surface area contributed by atoms with Crippen molar-refractivity contribution in [3.05, 3.63) is 41.5 Å². The van der Waals surface area contributed by atoms with Crippen molar-refractivity contribution >= 4 is 21.7 Å². The van der Waals surface area contributed by atoms with Crippen LogP contribution in [-0.4, -0.2) is 26.6 Å². The summed E-state index contributed by atoms with van der Waals surface area (Å²) in [6, 6.07) is 6.50. The Kier molecular flexibility index (Phi) is 5.92. The summed E-state index contributed by atoms with van der Waals surface area (Å²) < 4.78 is 30.4. The van der Waals surface area contributed by atoms with Gasteiger partial charge in [0, 0.05) is 12.3 Å². The van der Waals surface area contributed by atoms with Crippen LogP contribution in [0.15, 0.2) is 40.8 Å². The summed E-state index contributed by atoms with van der Waals surface area (Å²) in [7, 11) is -3.95. The van der Waals surface area contributed by atoms with Crippen LogP contribution in [0, 0.1) is 41.4 Å². The quantitative estimate of drug-likeness (QED) is 0.522. The van der Waals surface area contributed by atoms with E-state index >= 15 is 0 Å². The third kappa shape index (κ3) is 3.81. The first-order valence-electron chi connectivity index (χ1n) is 12.8. The Hall–Kier alpha value is -1.79. The molecule has 0 aliphatic heterocycles. The first-order chi connectivity index (χ1) is 16.0. The van der Waals surface area contributed by atoms with Crippen molar-refractivity contribution in [2.75, 3.05) is 6.61 Å². The molecular formula is C28H36O5S. The summed E-state index contributed by atoms with van der Waals surface area (Å²) in [5.74, 6) is 1.67. The van der Waals surface area contributed by atoms with E-state index in [1.165, 1.54) is 17.7 Å². The predicted octanol–water partition coefficient (Wildman–Crippen LogP) is 5.42. The van der Waals surface area contributed by atoms with E-state index in [2.05, 4.69) is 13.8 Å². The molecule has 0 radical (unpaired) electrons. The van der Waals surface area contributed by atoms with E-state index in [0.29, 0.717) is 24.2 Å². The van der Waals surface area contributed by atoms with Crippen LogP contribution < -0.4 is 0 Å². The number of hydrogen-bond donors (Lipinski definition) is 0. The van der Waals surface area contributed by atoms with Crippen molar-refractivity contribution in [2.45, 2.75) is 77.0 Å². The van der Waals surface area contributed by atoms with E-state index < -0.39 is 10.1 Å². The van der Waals surface area contributed by atoms with Gasteiger partial charge in [0.2, 0.25) is 0 Å². The second-order valence-electron chi connectivity index (χ2n) is 11.6. The third-order valence-corrected chi connectivity index (χ3v) is 11.3. The van der Waals surface area contributed by atoms with Crippen LogP contribution in [-0.2, 0) is 23.9 Å². The third-order valence-electron chi connectivity index (χ3n) is 10.0. The average Bonchev–Trinajstić information content (AvgIpc) is 3.15.